The van der Waals surface area contributed by atoms with Crippen molar-refractivity contribution in [2.75, 3.05) is 39.6 Å². The first kappa shape index (κ1) is 92.2. The molecule has 5 unspecified atom stereocenters. The largest absolute Gasteiger partial charge is 0.472 e. The Morgan fingerprint density at radius 1 is 0.302 bits per heavy atom. The van der Waals surface area contributed by atoms with E-state index in [0.717, 1.165) is 148 Å². The molecule has 0 fully saturated rings. The van der Waals surface area contributed by atoms with Gasteiger partial charge in [0.1, 0.15) is 19.3 Å². The van der Waals surface area contributed by atoms with Crippen LogP contribution in [-0.4, -0.2) is 96.7 Å². The molecule has 17 nitrogen and oxygen atoms in total. The number of esters is 4. The average Bonchev–Trinajstić information content (AvgIpc) is 1.15. The second-order valence-corrected chi connectivity index (χ2v) is 28.1. The molecule has 556 valence electrons. The third-order valence-corrected chi connectivity index (χ3v) is 17.8. The van der Waals surface area contributed by atoms with Gasteiger partial charge in [0.2, 0.25) is 0 Å². The van der Waals surface area contributed by atoms with Gasteiger partial charge >= 0.3 is 39.5 Å². The van der Waals surface area contributed by atoms with Crippen molar-refractivity contribution >= 4 is 39.5 Å². The van der Waals surface area contributed by atoms with Crippen LogP contribution in [0.2, 0.25) is 0 Å². The summed E-state index contributed by atoms with van der Waals surface area (Å²) in [7, 11) is -9.94. The van der Waals surface area contributed by atoms with E-state index in [4.69, 9.17) is 37.0 Å². The molecule has 0 aromatic carbocycles. The van der Waals surface area contributed by atoms with Crippen LogP contribution in [0.1, 0.15) is 323 Å². The van der Waals surface area contributed by atoms with Crippen LogP contribution in [0.25, 0.3) is 0 Å². The Morgan fingerprint density at radius 3 is 0.865 bits per heavy atom. The molecule has 0 aromatic rings. The van der Waals surface area contributed by atoms with E-state index < -0.39 is 97.5 Å². The summed E-state index contributed by atoms with van der Waals surface area (Å²) in [5, 5.41) is 10.6. The van der Waals surface area contributed by atoms with Crippen LogP contribution in [0.5, 0.6) is 0 Å². The number of carbonyl (C=O) groups is 4. The van der Waals surface area contributed by atoms with Crippen molar-refractivity contribution in [3.63, 3.8) is 0 Å². The molecule has 0 spiro atoms. The minimum absolute atomic E-state index is 0.0905. The van der Waals surface area contributed by atoms with Gasteiger partial charge in [0.15, 0.2) is 12.2 Å². The summed E-state index contributed by atoms with van der Waals surface area (Å²) in [6.07, 6.45) is 70.1. The van der Waals surface area contributed by atoms with Crippen LogP contribution in [0.3, 0.4) is 0 Å². The Kier molecular flexibility index (Phi) is 67.0. The Bertz CT molecular complexity index is 2160. The lowest BCUT2D eigenvalue weighted by Gasteiger charge is -2.21. The fourth-order valence-electron chi connectivity index (χ4n) is 10.1. The first-order valence-corrected chi connectivity index (χ1v) is 40.8. The van der Waals surface area contributed by atoms with Crippen molar-refractivity contribution < 1.29 is 80.2 Å². The number of unbranched alkanes of at least 4 members (excludes halogenated alkanes) is 31. The number of phosphoric acid groups is 2. The maximum absolute atomic E-state index is 13.0. The molecule has 5 atom stereocenters. The molecule has 0 aliphatic rings. The van der Waals surface area contributed by atoms with Gasteiger partial charge in [-0.15, -0.1) is 0 Å². The van der Waals surface area contributed by atoms with E-state index >= 15 is 0 Å². The van der Waals surface area contributed by atoms with Gasteiger partial charge in [0.05, 0.1) is 26.4 Å². The molecule has 3 N–H and O–H groups in total. The molecule has 0 aliphatic carbocycles. The first-order chi connectivity index (χ1) is 46.7. The van der Waals surface area contributed by atoms with E-state index in [-0.39, 0.29) is 25.7 Å². The molecular formula is C77H136O17P2. The van der Waals surface area contributed by atoms with Crippen molar-refractivity contribution in [1.82, 2.24) is 0 Å². The predicted octanol–water partition coefficient (Wildman–Crippen LogP) is 21.4. The summed E-state index contributed by atoms with van der Waals surface area (Å²) in [4.78, 5) is 72.7. The molecule has 0 aromatic heterocycles. The topological polar surface area (TPSA) is 237 Å². The van der Waals surface area contributed by atoms with E-state index in [1.807, 2.05) is 0 Å². The van der Waals surface area contributed by atoms with Gasteiger partial charge in [-0.3, -0.25) is 37.3 Å². The number of hydrogen-bond acceptors (Lipinski definition) is 15. The molecule has 19 heteroatoms. The highest BCUT2D eigenvalue weighted by Crippen LogP contribution is 2.45. The van der Waals surface area contributed by atoms with E-state index in [0.29, 0.717) is 25.7 Å². The molecule has 0 saturated carbocycles. The number of phosphoric ester groups is 2. The van der Waals surface area contributed by atoms with E-state index in [1.54, 1.807) is 0 Å². The van der Waals surface area contributed by atoms with Gasteiger partial charge in [-0.25, -0.2) is 9.13 Å². The maximum Gasteiger partial charge on any atom is 0.472 e. The molecule has 0 aliphatic heterocycles. The molecular weight excluding hydrogens is 1260 g/mol. The molecule has 0 radical (unpaired) electrons. The monoisotopic (exact) mass is 1390 g/mol. The second-order valence-electron chi connectivity index (χ2n) is 25.2. The van der Waals surface area contributed by atoms with E-state index in [1.165, 1.54) is 96.3 Å². The van der Waals surface area contributed by atoms with Crippen molar-refractivity contribution in [2.45, 2.75) is 341 Å². The van der Waals surface area contributed by atoms with Crippen LogP contribution < -0.4 is 0 Å². The highest BCUT2D eigenvalue weighted by Gasteiger charge is 2.30. The smallest absolute Gasteiger partial charge is 0.462 e. The van der Waals surface area contributed by atoms with Gasteiger partial charge in [0.25, 0.3) is 0 Å². The third kappa shape index (κ3) is 68.8. The zero-order valence-corrected chi connectivity index (χ0v) is 62.3. The number of aliphatic hydroxyl groups is 1. The van der Waals surface area contributed by atoms with E-state index in [2.05, 4.69) is 113 Å². The molecule has 0 rings (SSSR count). The van der Waals surface area contributed by atoms with Crippen LogP contribution in [0, 0.1) is 0 Å². The van der Waals surface area contributed by atoms with Gasteiger partial charge in [-0.2, -0.15) is 0 Å². The Labute approximate surface area is 583 Å². The van der Waals surface area contributed by atoms with Crippen LogP contribution in [-0.2, 0) is 65.4 Å². The number of rotatable bonds is 71. The normalized spacial score (nSPS) is 14.4. The quantitative estimate of drug-likeness (QED) is 0.0169. The van der Waals surface area contributed by atoms with Crippen LogP contribution >= 0.6 is 15.6 Å². The molecule has 0 amide bonds. The summed E-state index contributed by atoms with van der Waals surface area (Å²) in [6, 6.07) is 0. The molecule has 0 heterocycles. The van der Waals surface area contributed by atoms with Gasteiger partial charge in [-0.1, -0.05) is 280 Å². The lowest BCUT2D eigenvalue weighted by molar-refractivity contribution is -0.161. The first-order valence-electron chi connectivity index (χ1n) is 37.8. The minimum atomic E-state index is -4.97. The van der Waals surface area contributed by atoms with Gasteiger partial charge in [-0.05, 0) is 103 Å². The summed E-state index contributed by atoms with van der Waals surface area (Å²) in [5.74, 6) is -2.21. The van der Waals surface area contributed by atoms with Crippen molar-refractivity contribution in [3.05, 3.63) is 85.1 Å². The predicted molar refractivity (Wildman–Crippen MR) is 390 cm³/mol. The van der Waals surface area contributed by atoms with Crippen molar-refractivity contribution in [1.29, 1.82) is 0 Å². The Hall–Kier alpha value is -3.76. The molecule has 0 bridgehead atoms. The number of aliphatic hydroxyl groups excluding tert-OH is 1. The van der Waals surface area contributed by atoms with Crippen molar-refractivity contribution in [3.8, 4) is 0 Å². The third-order valence-electron chi connectivity index (χ3n) is 15.9. The maximum atomic E-state index is 13.0. The average molecular weight is 1400 g/mol. The minimum Gasteiger partial charge on any atom is -0.462 e. The zero-order valence-electron chi connectivity index (χ0n) is 60.5. The summed E-state index contributed by atoms with van der Waals surface area (Å²) < 4.78 is 68.3. The van der Waals surface area contributed by atoms with E-state index in [9.17, 15) is 43.2 Å². The summed E-state index contributed by atoms with van der Waals surface area (Å²) in [5.41, 5.74) is 0. The highest BCUT2D eigenvalue weighted by molar-refractivity contribution is 7.47. The lowest BCUT2D eigenvalue weighted by atomic mass is 10.1. The highest BCUT2D eigenvalue weighted by atomic mass is 31.2. The molecule has 96 heavy (non-hydrogen) atoms. The SMILES string of the molecule is CC/C=C\C/C=C\C/C=C\C/C=C\C/C=C\CCCCCC(=O)OCC(COP(=O)(O)OCC(O)COP(=O)(O)OCC(COC(=O)CCCCCCC/C=C\C/C=C\CCCCC)OC(=O)CCCCCCCCCCCCC)OC(=O)CCCCCCCCCCCCC. The Balaban J connectivity index is 5.30. The van der Waals surface area contributed by atoms with Gasteiger partial charge in [0, 0.05) is 25.7 Å². The van der Waals surface area contributed by atoms with Crippen LogP contribution in [0.15, 0.2) is 85.1 Å². The number of ether oxygens (including phenoxy) is 4. The number of hydrogen-bond donors (Lipinski definition) is 3. The van der Waals surface area contributed by atoms with Crippen molar-refractivity contribution in [2.24, 2.45) is 0 Å². The summed E-state index contributed by atoms with van der Waals surface area (Å²) in [6.45, 7) is 4.69. The fraction of sp³-hybridized carbons (Fsp3) is 0.766. The number of allylic oxidation sites excluding steroid dienone is 14. The number of carbonyl (C=O) groups excluding carboxylic acids is 4. The zero-order chi connectivity index (χ0) is 70.4. The lowest BCUT2D eigenvalue weighted by Crippen LogP contribution is -2.30. The summed E-state index contributed by atoms with van der Waals surface area (Å²) >= 11 is 0. The van der Waals surface area contributed by atoms with Gasteiger partial charge < -0.3 is 33.8 Å². The Morgan fingerprint density at radius 2 is 0.542 bits per heavy atom. The second kappa shape index (κ2) is 69.7. The van der Waals surface area contributed by atoms with Crippen LogP contribution in [0.4, 0.5) is 0 Å². The standard InChI is InChI=1S/C77H136O17P2/c1-5-9-13-17-21-25-29-31-33-34-35-36-38-40-44-46-50-54-58-62-75(80)88-68-73(94-77(82)64-60-56-52-48-42-28-24-20-16-12-8-4)70-92-96(85,86)90-66-71(78)65-89-95(83,84)91-69-72(93-76(81)63-59-55-51-47-41-27-23-19-15-11-7-3)67-87-74(79)61-57-53-49-45-43-39-37-32-30-26-22-18-14-10-6-2/h9,13,21-22,25-26,31-33,35-37,40,44,71-73,78H,5-8,10-12,14-20,23-24,27-30,34,38-39,41-43,45-70H2,1-4H3,(H,83,84)(H,85,86)/b13-9-,25-21-,26-22-,33-31-,36-35-,37-32-,44-40-. The fourth-order valence-corrected chi connectivity index (χ4v) is 11.7. The molecule has 0 saturated heterocycles.